The Morgan fingerprint density at radius 2 is 1.89 bits per heavy atom. The summed E-state index contributed by atoms with van der Waals surface area (Å²) in [5.41, 5.74) is 0.142. The monoisotopic (exact) mass is 255 g/mol. The van der Waals surface area contributed by atoms with Crippen molar-refractivity contribution < 1.29 is 18.7 Å². The lowest BCUT2D eigenvalue weighted by Gasteiger charge is -2.24. The van der Waals surface area contributed by atoms with E-state index in [0.717, 1.165) is 17.7 Å². The average Bonchev–Trinajstić information content (AvgIpc) is 2.25. The van der Waals surface area contributed by atoms with Gasteiger partial charge in [0.05, 0.1) is 5.56 Å². The van der Waals surface area contributed by atoms with Gasteiger partial charge >= 0.3 is 5.97 Å². The van der Waals surface area contributed by atoms with Crippen molar-refractivity contribution in [2.45, 2.75) is 13.8 Å². The Morgan fingerprint density at radius 3 is 2.22 bits per heavy atom. The molecule has 0 fully saturated rings. The molecular formula is C13H15F2NO2. The van der Waals surface area contributed by atoms with Crippen LogP contribution in [0.25, 0.3) is 0 Å². The molecule has 0 aliphatic carbocycles. The van der Waals surface area contributed by atoms with Crippen LogP contribution in [0.15, 0.2) is 24.3 Å². The molecule has 1 aromatic carbocycles. The molecule has 1 rings (SSSR count). The summed E-state index contributed by atoms with van der Waals surface area (Å²) in [7, 11) is 0. The summed E-state index contributed by atoms with van der Waals surface area (Å²) >= 11 is 0. The van der Waals surface area contributed by atoms with Crippen molar-refractivity contribution in [2.24, 2.45) is 0 Å². The summed E-state index contributed by atoms with van der Waals surface area (Å²) < 4.78 is 27.6. The molecule has 0 aromatic heterocycles. The molecule has 0 saturated heterocycles. The SMILES string of the molecule is C=C(C)CN(CC)c1c(F)cc(C(=O)O)cc1F. The number of rotatable bonds is 5. The van der Waals surface area contributed by atoms with Crippen molar-refractivity contribution in [3.8, 4) is 0 Å². The van der Waals surface area contributed by atoms with Crippen molar-refractivity contribution in [1.82, 2.24) is 0 Å². The van der Waals surface area contributed by atoms with Crippen LogP contribution in [-0.4, -0.2) is 24.2 Å². The van der Waals surface area contributed by atoms with E-state index in [-0.39, 0.29) is 5.69 Å². The summed E-state index contributed by atoms with van der Waals surface area (Å²) in [5, 5.41) is 8.70. The fraction of sp³-hybridized carbons (Fsp3) is 0.308. The van der Waals surface area contributed by atoms with E-state index in [0.29, 0.717) is 13.1 Å². The largest absolute Gasteiger partial charge is 0.478 e. The zero-order chi connectivity index (χ0) is 13.9. The molecule has 0 spiro atoms. The van der Waals surface area contributed by atoms with Gasteiger partial charge in [0, 0.05) is 13.1 Å². The molecule has 0 heterocycles. The van der Waals surface area contributed by atoms with Crippen molar-refractivity contribution in [2.75, 3.05) is 18.0 Å². The van der Waals surface area contributed by atoms with E-state index >= 15 is 0 Å². The minimum atomic E-state index is -1.36. The highest BCUT2D eigenvalue weighted by Gasteiger charge is 2.19. The van der Waals surface area contributed by atoms with Gasteiger partial charge in [0.2, 0.25) is 0 Å². The Hall–Kier alpha value is -1.91. The van der Waals surface area contributed by atoms with E-state index in [2.05, 4.69) is 6.58 Å². The van der Waals surface area contributed by atoms with Gasteiger partial charge in [0.1, 0.15) is 17.3 Å². The predicted molar refractivity (Wildman–Crippen MR) is 66.0 cm³/mol. The van der Waals surface area contributed by atoms with E-state index in [4.69, 9.17) is 5.11 Å². The van der Waals surface area contributed by atoms with Crippen molar-refractivity contribution in [1.29, 1.82) is 0 Å². The van der Waals surface area contributed by atoms with Crippen LogP contribution in [0.3, 0.4) is 0 Å². The highest BCUT2D eigenvalue weighted by Crippen LogP contribution is 2.25. The molecule has 0 amide bonds. The molecule has 0 radical (unpaired) electrons. The number of hydrogen-bond donors (Lipinski definition) is 1. The van der Waals surface area contributed by atoms with E-state index in [1.165, 1.54) is 4.90 Å². The van der Waals surface area contributed by atoms with Gasteiger partial charge in [-0.15, -0.1) is 0 Å². The molecule has 1 aromatic rings. The number of benzene rings is 1. The fourth-order valence-corrected chi connectivity index (χ4v) is 1.67. The first kappa shape index (κ1) is 14.2. The van der Waals surface area contributed by atoms with Gasteiger partial charge in [-0.2, -0.15) is 0 Å². The quantitative estimate of drug-likeness (QED) is 0.822. The Labute approximate surface area is 104 Å². The van der Waals surface area contributed by atoms with Crippen LogP contribution in [0.1, 0.15) is 24.2 Å². The first-order valence-electron chi connectivity index (χ1n) is 5.48. The van der Waals surface area contributed by atoms with Crippen molar-refractivity contribution in [3.63, 3.8) is 0 Å². The molecule has 0 aliphatic rings. The summed E-state index contributed by atoms with van der Waals surface area (Å²) in [6, 6.07) is 1.64. The third-order valence-corrected chi connectivity index (χ3v) is 2.42. The standard InChI is InChI=1S/C13H15F2NO2/c1-4-16(7-8(2)3)12-10(14)5-9(13(17)18)6-11(12)15/h5-6H,2,4,7H2,1,3H3,(H,17,18). The number of carboxylic acids is 1. The van der Waals surface area contributed by atoms with Gasteiger partial charge in [0.15, 0.2) is 0 Å². The Kier molecular flexibility index (Phi) is 4.42. The first-order valence-corrected chi connectivity index (χ1v) is 5.48. The summed E-state index contributed by atoms with van der Waals surface area (Å²) in [6.45, 7) is 7.92. The van der Waals surface area contributed by atoms with Crippen LogP contribution in [0.4, 0.5) is 14.5 Å². The summed E-state index contributed by atoms with van der Waals surface area (Å²) in [5.74, 6) is -3.12. The van der Waals surface area contributed by atoms with E-state index < -0.39 is 23.2 Å². The lowest BCUT2D eigenvalue weighted by Crippen LogP contribution is -2.26. The molecule has 0 atom stereocenters. The van der Waals surface area contributed by atoms with Crippen molar-refractivity contribution in [3.05, 3.63) is 41.5 Å². The summed E-state index contributed by atoms with van der Waals surface area (Å²) in [4.78, 5) is 12.1. The Balaban J connectivity index is 3.23. The number of carbonyl (C=O) groups is 1. The molecule has 0 aliphatic heterocycles. The minimum absolute atomic E-state index is 0.217. The summed E-state index contributed by atoms with van der Waals surface area (Å²) in [6.07, 6.45) is 0. The molecule has 0 saturated carbocycles. The Bertz CT molecular complexity index is 463. The van der Waals surface area contributed by atoms with Gasteiger partial charge in [-0.1, -0.05) is 12.2 Å². The van der Waals surface area contributed by atoms with Gasteiger partial charge in [-0.05, 0) is 26.0 Å². The van der Waals surface area contributed by atoms with Crippen LogP contribution in [-0.2, 0) is 0 Å². The van der Waals surface area contributed by atoms with Gasteiger partial charge in [-0.25, -0.2) is 13.6 Å². The van der Waals surface area contributed by atoms with E-state index in [1.807, 2.05) is 0 Å². The van der Waals surface area contributed by atoms with Crippen molar-refractivity contribution >= 4 is 11.7 Å². The second-order valence-electron chi connectivity index (χ2n) is 4.06. The number of likely N-dealkylation sites (N-methyl/N-ethyl adjacent to an activating group) is 1. The maximum atomic E-state index is 13.8. The van der Waals surface area contributed by atoms with Gasteiger partial charge in [0.25, 0.3) is 0 Å². The zero-order valence-corrected chi connectivity index (χ0v) is 10.3. The number of halogens is 2. The molecule has 98 valence electrons. The number of nitrogens with zero attached hydrogens (tertiary/aromatic N) is 1. The van der Waals surface area contributed by atoms with Crippen LogP contribution in [0.2, 0.25) is 0 Å². The lowest BCUT2D eigenvalue weighted by atomic mass is 10.1. The van der Waals surface area contributed by atoms with E-state index in [9.17, 15) is 13.6 Å². The second kappa shape index (κ2) is 5.62. The minimum Gasteiger partial charge on any atom is -0.478 e. The highest BCUT2D eigenvalue weighted by atomic mass is 19.1. The van der Waals surface area contributed by atoms with Crippen LogP contribution in [0, 0.1) is 11.6 Å². The lowest BCUT2D eigenvalue weighted by molar-refractivity contribution is 0.0696. The highest BCUT2D eigenvalue weighted by molar-refractivity contribution is 5.88. The molecule has 0 unspecified atom stereocenters. The molecule has 1 N–H and O–H groups in total. The molecular weight excluding hydrogens is 240 g/mol. The second-order valence-corrected chi connectivity index (χ2v) is 4.06. The average molecular weight is 255 g/mol. The molecule has 5 heteroatoms. The van der Waals surface area contributed by atoms with Gasteiger partial charge in [-0.3, -0.25) is 0 Å². The van der Waals surface area contributed by atoms with Gasteiger partial charge < -0.3 is 10.0 Å². The van der Waals surface area contributed by atoms with Crippen LogP contribution >= 0.6 is 0 Å². The topological polar surface area (TPSA) is 40.5 Å². The maximum absolute atomic E-state index is 13.8. The number of carboxylic acid groups (broad SMARTS) is 1. The van der Waals surface area contributed by atoms with E-state index in [1.54, 1.807) is 13.8 Å². The smallest absolute Gasteiger partial charge is 0.335 e. The number of aromatic carboxylic acids is 1. The maximum Gasteiger partial charge on any atom is 0.335 e. The molecule has 18 heavy (non-hydrogen) atoms. The number of anilines is 1. The Morgan fingerprint density at radius 1 is 1.39 bits per heavy atom. The first-order chi connectivity index (χ1) is 8.36. The van der Waals surface area contributed by atoms with Crippen LogP contribution < -0.4 is 4.90 Å². The predicted octanol–water partition coefficient (Wildman–Crippen LogP) is 3.07. The third kappa shape index (κ3) is 3.06. The van der Waals surface area contributed by atoms with Crippen LogP contribution in [0.5, 0.6) is 0 Å². The fourth-order valence-electron chi connectivity index (χ4n) is 1.67. The zero-order valence-electron chi connectivity index (χ0n) is 10.3. The molecule has 0 bridgehead atoms. The number of hydrogen-bond acceptors (Lipinski definition) is 2. The molecule has 3 nitrogen and oxygen atoms in total. The normalized spacial score (nSPS) is 10.2. The third-order valence-electron chi connectivity index (χ3n) is 2.42.